The number of nitrogens with zero attached hydrogens (tertiary/aromatic N) is 1. The van der Waals surface area contributed by atoms with Crippen LogP contribution in [-0.2, 0) is 0 Å². The fourth-order valence-electron chi connectivity index (χ4n) is 2.35. The number of methoxy groups -OCH3 is 1. The van der Waals surface area contributed by atoms with Gasteiger partial charge in [0.25, 0.3) is 0 Å². The molecule has 0 fully saturated rings. The lowest BCUT2D eigenvalue weighted by atomic mass is 10.1. The molecule has 0 aromatic heterocycles. The maximum absolute atomic E-state index is 10.6. The van der Waals surface area contributed by atoms with E-state index in [9.17, 15) is 4.79 Å². The van der Waals surface area contributed by atoms with Crippen molar-refractivity contribution in [3.05, 3.63) is 52.0 Å². The van der Waals surface area contributed by atoms with Crippen molar-refractivity contribution in [1.29, 1.82) is 0 Å². The van der Waals surface area contributed by atoms with Crippen LogP contribution in [-0.4, -0.2) is 32.6 Å². The minimum atomic E-state index is -0.753. The zero-order valence-electron chi connectivity index (χ0n) is 16.1. The van der Waals surface area contributed by atoms with Gasteiger partial charge >= 0.3 is 6.03 Å². The third-order valence-corrected chi connectivity index (χ3v) is 4.20. The van der Waals surface area contributed by atoms with Crippen LogP contribution in [0.3, 0.4) is 0 Å². The lowest BCUT2D eigenvalue weighted by molar-refractivity contribution is 0.240. The second kappa shape index (κ2) is 10.4. The van der Waals surface area contributed by atoms with Crippen molar-refractivity contribution in [1.82, 2.24) is 5.43 Å². The van der Waals surface area contributed by atoms with Gasteiger partial charge in [0.1, 0.15) is 5.75 Å². The first-order valence-corrected chi connectivity index (χ1v) is 9.07. The smallest absolute Gasteiger partial charge is 0.332 e. The van der Waals surface area contributed by atoms with Gasteiger partial charge < -0.3 is 19.9 Å². The maximum atomic E-state index is 10.6. The predicted octanol–water partition coefficient (Wildman–Crippen LogP) is 3.82. The summed E-state index contributed by atoms with van der Waals surface area (Å²) in [6.07, 6.45) is 2.08. The number of halogens is 1. The number of amides is 2. The van der Waals surface area contributed by atoms with Gasteiger partial charge in [0, 0.05) is 6.42 Å². The molecule has 0 aliphatic rings. The van der Waals surface area contributed by atoms with E-state index in [-0.39, 0.29) is 0 Å². The average Bonchev–Trinajstić information content (AvgIpc) is 2.65. The van der Waals surface area contributed by atoms with Crippen molar-refractivity contribution in [2.24, 2.45) is 10.8 Å². The Kier molecular flexibility index (Phi) is 7.95. The van der Waals surface area contributed by atoms with E-state index in [1.807, 2.05) is 18.2 Å². The van der Waals surface area contributed by atoms with Crippen molar-refractivity contribution in [2.75, 3.05) is 20.3 Å². The summed E-state index contributed by atoms with van der Waals surface area (Å²) in [5.41, 5.74) is 10.1. The van der Waals surface area contributed by atoms with E-state index in [2.05, 4.69) is 24.4 Å². The minimum absolute atomic E-state index is 0.370. The minimum Gasteiger partial charge on any atom is -0.493 e. The Hall–Kier alpha value is -2.93. The molecule has 0 unspecified atom stereocenters. The van der Waals surface area contributed by atoms with Crippen LogP contribution in [0.1, 0.15) is 23.1 Å². The number of urea groups is 1. The molecule has 2 amide bonds. The van der Waals surface area contributed by atoms with Gasteiger partial charge in [-0.3, -0.25) is 0 Å². The highest BCUT2D eigenvalue weighted by Crippen LogP contribution is 2.36. The molecule has 0 saturated heterocycles. The van der Waals surface area contributed by atoms with E-state index in [4.69, 9.17) is 31.5 Å². The topological polar surface area (TPSA) is 95.2 Å². The molecule has 2 aromatic carbocycles. The molecular formula is C20H24ClN3O4. The van der Waals surface area contributed by atoms with E-state index < -0.39 is 6.03 Å². The number of hydrazone groups is 1. The maximum Gasteiger partial charge on any atom is 0.332 e. The van der Waals surface area contributed by atoms with Crippen LogP contribution >= 0.6 is 11.6 Å². The van der Waals surface area contributed by atoms with Crippen LogP contribution in [0, 0.1) is 13.8 Å². The number of carbonyl (C=O) groups excluding carboxylic acids is 1. The molecule has 8 heteroatoms. The van der Waals surface area contributed by atoms with E-state index in [1.54, 1.807) is 12.1 Å². The number of hydrogen-bond donors (Lipinski definition) is 2. The third-order valence-electron chi connectivity index (χ3n) is 3.92. The van der Waals surface area contributed by atoms with Crippen LogP contribution in [0.2, 0.25) is 5.02 Å². The summed E-state index contributed by atoms with van der Waals surface area (Å²) in [7, 11) is 1.52. The normalized spacial score (nSPS) is 10.7. The highest BCUT2D eigenvalue weighted by atomic mass is 35.5. The Labute approximate surface area is 169 Å². The summed E-state index contributed by atoms with van der Waals surface area (Å²) in [6, 6.07) is 8.60. The molecule has 28 heavy (non-hydrogen) atoms. The molecule has 0 aliphatic heterocycles. The molecule has 2 aromatic rings. The van der Waals surface area contributed by atoms with E-state index in [0.717, 1.165) is 5.75 Å². The highest BCUT2D eigenvalue weighted by Gasteiger charge is 2.11. The van der Waals surface area contributed by atoms with Crippen molar-refractivity contribution >= 4 is 23.8 Å². The van der Waals surface area contributed by atoms with Gasteiger partial charge in [-0.05, 0) is 54.8 Å². The number of nitrogens with one attached hydrogen (secondary N) is 1. The number of benzene rings is 2. The lowest BCUT2D eigenvalue weighted by Crippen LogP contribution is -2.24. The SMILES string of the molecule is COc1cc(C=NNC(N)=O)cc(Cl)c1OCCCOc1ccc(C)c(C)c1. The molecule has 0 spiro atoms. The molecule has 0 bridgehead atoms. The quantitative estimate of drug-likeness (QED) is 0.376. The Morgan fingerprint density at radius 3 is 2.61 bits per heavy atom. The number of ether oxygens (including phenoxy) is 3. The number of primary amides is 1. The predicted molar refractivity (Wildman–Crippen MR) is 110 cm³/mol. The largest absolute Gasteiger partial charge is 0.493 e. The van der Waals surface area contributed by atoms with Gasteiger partial charge in [0.2, 0.25) is 0 Å². The molecule has 3 N–H and O–H groups in total. The standard InChI is InChI=1S/C20H24ClN3O4/c1-13-5-6-16(9-14(13)2)27-7-4-8-28-19-17(21)10-15(11-18(19)26-3)12-23-24-20(22)25/h5-6,9-12H,4,7-8H2,1-3H3,(H3,22,24,25). The zero-order chi connectivity index (χ0) is 20.5. The Morgan fingerprint density at radius 2 is 1.93 bits per heavy atom. The molecular weight excluding hydrogens is 382 g/mol. The second-order valence-corrected chi connectivity index (χ2v) is 6.47. The van der Waals surface area contributed by atoms with Crippen LogP contribution in [0.25, 0.3) is 0 Å². The molecule has 0 heterocycles. The second-order valence-electron chi connectivity index (χ2n) is 6.06. The first-order valence-electron chi connectivity index (χ1n) is 8.69. The number of nitrogens with two attached hydrogens (primary N) is 1. The Morgan fingerprint density at radius 1 is 1.18 bits per heavy atom. The molecule has 0 atom stereocenters. The Bertz CT molecular complexity index is 856. The van der Waals surface area contributed by atoms with Crippen molar-refractivity contribution in [2.45, 2.75) is 20.3 Å². The molecule has 7 nitrogen and oxygen atoms in total. The van der Waals surface area contributed by atoms with Gasteiger partial charge in [-0.1, -0.05) is 17.7 Å². The molecule has 2 rings (SSSR count). The molecule has 0 radical (unpaired) electrons. The summed E-state index contributed by atoms with van der Waals surface area (Å²) in [4.78, 5) is 10.6. The average molecular weight is 406 g/mol. The van der Waals surface area contributed by atoms with Crippen molar-refractivity contribution < 1.29 is 19.0 Å². The van der Waals surface area contributed by atoms with Gasteiger partial charge in [-0.25, -0.2) is 10.2 Å². The summed E-state index contributed by atoms with van der Waals surface area (Å²) in [6.45, 7) is 5.05. The lowest BCUT2D eigenvalue weighted by Gasteiger charge is -2.14. The van der Waals surface area contributed by atoms with Crippen LogP contribution in [0.4, 0.5) is 4.79 Å². The van der Waals surface area contributed by atoms with Gasteiger partial charge in [0.05, 0.1) is 31.6 Å². The van der Waals surface area contributed by atoms with Crippen molar-refractivity contribution in [3.8, 4) is 17.2 Å². The first kappa shape index (κ1) is 21.4. The summed E-state index contributed by atoms with van der Waals surface area (Å²) in [5, 5.41) is 4.06. The fraction of sp³-hybridized carbons (Fsp3) is 0.300. The molecule has 0 saturated carbocycles. The van der Waals surface area contributed by atoms with Gasteiger partial charge in [0.15, 0.2) is 11.5 Å². The number of aryl methyl sites for hydroxylation is 2. The van der Waals surface area contributed by atoms with Crippen LogP contribution in [0.15, 0.2) is 35.4 Å². The molecule has 150 valence electrons. The van der Waals surface area contributed by atoms with Gasteiger partial charge in [-0.2, -0.15) is 5.10 Å². The number of hydrogen-bond acceptors (Lipinski definition) is 5. The Balaban J connectivity index is 1.89. The van der Waals surface area contributed by atoms with Crippen LogP contribution in [0.5, 0.6) is 17.2 Å². The first-order chi connectivity index (χ1) is 13.4. The van der Waals surface area contributed by atoms with Crippen LogP contribution < -0.4 is 25.4 Å². The summed E-state index contributed by atoms with van der Waals surface area (Å²) >= 11 is 6.29. The van der Waals surface area contributed by atoms with E-state index in [1.165, 1.54) is 24.5 Å². The van der Waals surface area contributed by atoms with Crippen molar-refractivity contribution in [3.63, 3.8) is 0 Å². The summed E-state index contributed by atoms with van der Waals surface area (Å²) < 4.78 is 16.8. The van der Waals surface area contributed by atoms with E-state index >= 15 is 0 Å². The monoisotopic (exact) mass is 405 g/mol. The summed E-state index contributed by atoms with van der Waals surface area (Å²) in [5.74, 6) is 1.74. The number of rotatable bonds is 9. The fourth-order valence-corrected chi connectivity index (χ4v) is 2.63. The number of carbonyl (C=O) groups is 1. The third kappa shape index (κ3) is 6.35. The zero-order valence-corrected chi connectivity index (χ0v) is 16.9. The van der Waals surface area contributed by atoms with Gasteiger partial charge in [-0.15, -0.1) is 0 Å². The van der Waals surface area contributed by atoms with E-state index in [0.29, 0.717) is 41.7 Å². The highest BCUT2D eigenvalue weighted by molar-refractivity contribution is 6.32. The molecule has 0 aliphatic carbocycles.